The Kier molecular flexibility index (Phi) is 4.07. The Morgan fingerprint density at radius 1 is 1.16 bits per heavy atom. The van der Waals surface area contributed by atoms with Gasteiger partial charge in [0.2, 0.25) is 0 Å². The van der Waals surface area contributed by atoms with E-state index in [1.54, 1.807) is 12.3 Å². The predicted octanol–water partition coefficient (Wildman–Crippen LogP) is 1.70. The molecule has 0 unspecified atom stereocenters. The first-order chi connectivity index (χ1) is 9.22. The summed E-state index contributed by atoms with van der Waals surface area (Å²) >= 11 is 0. The van der Waals surface area contributed by atoms with E-state index in [4.69, 9.17) is 0 Å². The van der Waals surface area contributed by atoms with Gasteiger partial charge in [-0.1, -0.05) is 25.1 Å². The van der Waals surface area contributed by atoms with Crippen molar-refractivity contribution < 1.29 is 9.59 Å². The SMILES string of the molecule is CCCNC(=O)C(=O)Nc1cccc2cccnc12. The molecule has 0 saturated heterocycles. The number of aromatic nitrogens is 1. The molecule has 2 amide bonds. The maximum Gasteiger partial charge on any atom is 0.313 e. The molecule has 5 nitrogen and oxygen atoms in total. The molecule has 5 heteroatoms. The number of carbonyl (C=O) groups excluding carboxylic acids is 2. The van der Waals surface area contributed by atoms with Gasteiger partial charge >= 0.3 is 11.8 Å². The Hall–Kier alpha value is -2.43. The number of para-hydroxylation sites is 1. The molecule has 19 heavy (non-hydrogen) atoms. The number of carbonyl (C=O) groups is 2. The Morgan fingerprint density at radius 2 is 1.95 bits per heavy atom. The Morgan fingerprint density at radius 3 is 2.74 bits per heavy atom. The van der Waals surface area contributed by atoms with Crippen LogP contribution >= 0.6 is 0 Å². The van der Waals surface area contributed by atoms with Gasteiger partial charge in [-0.15, -0.1) is 0 Å². The van der Waals surface area contributed by atoms with Crippen LogP contribution in [-0.2, 0) is 9.59 Å². The lowest BCUT2D eigenvalue weighted by Gasteiger charge is -2.07. The molecule has 98 valence electrons. The normalized spacial score (nSPS) is 10.2. The number of fused-ring (bicyclic) bond motifs is 1. The maximum absolute atomic E-state index is 11.7. The summed E-state index contributed by atoms with van der Waals surface area (Å²) in [6, 6.07) is 9.15. The van der Waals surface area contributed by atoms with E-state index < -0.39 is 11.8 Å². The molecule has 0 saturated carbocycles. The monoisotopic (exact) mass is 257 g/mol. The second-order valence-corrected chi connectivity index (χ2v) is 4.09. The number of nitrogens with zero attached hydrogens (tertiary/aromatic N) is 1. The van der Waals surface area contributed by atoms with Crippen LogP contribution in [0, 0.1) is 0 Å². The Balaban J connectivity index is 2.17. The molecular weight excluding hydrogens is 242 g/mol. The second-order valence-electron chi connectivity index (χ2n) is 4.09. The fourth-order valence-corrected chi connectivity index (χ4v) is 1.70. The molecule has 0 aliphatic rings. The van der Waals surface area contributed by atoms with Crippen LogP contribution < -0.4 is 10.6 Å². The first-order valence-electron chi connectivity index (χ1n) is 6.15. The summed E-state index contributed by atoms with van der Waals surface area (Å²) in [5.74, 6) is -1.30. The summed E-state index contributed by atoms with van der Waals surface area (Å²) in [6.45, 7) is 2.41. The topological polar surface area (TPSA) is 71.1 Å². The molecular formula is C14H15N3O2. The summed E-state index contributed by atoms with van der Waals surface area (Å²) in [4.78, 5) is 27.4. The zero-order valence-electron chi connectivity index (χ0n) is 10.6. The molecule has 0 aliphatic carbocycles. The number of benzene rings is 1. The lowest BCUT2D eigenvalue weighted by molar-refractivity contribution is -0.136. The molecule has 2 aromatic rings. The van der Waals surface area contributed by atoms with Crippen molar-refractivity contribution in [2.75, 3.05) is 11.9 Å². The molecule has 0 spiro atoms. The largest absolute Gasteiger partial charge is 0.348 e. The van der Waals surface area contributed by atoms with Crippen molar-refractivity contribution in [3.63, 3.8) is 0 Å². The molecule has 1 heterocycles. The molecule has 0 radical (unpaired) electrons. The van der Waals surface area contributed by atoms with Crippen molar-refractivity contribution in [2.45, 2.75) is 13.3 Å². The number of nitrogens with one attached hydrogen (secondary N) is 2. The third-order valence-electron chi connectivity index (χ3n) is 2.62. The van der Waals surface area contributed by atoms with E-state index in [9.17, 15) is 9.59 Å². The molecule has 1 aromatic heterocycles. The van der Waals surface area contributed by atoms with E-state index in [-0.39, 0.29) is 0 Å². The van der Waals surface area contributed by atoms with Gasteiger partial charge in [-0.05, 0) is 18.6 Å². The number of hydrogen-bond donors (Lipinski definition) is 2. The van der Waals surface area contributed by atoms with Crippen LogP contribution in [0.2, 0.25) is 0 Å². The van der Waals surface area contributed by atoms with Crippen molar-refractivity contribution in [2.24, 2.45) is 0 Å². The van der Waals surface area contributed by atoms with Crippen LogP contribution in [0.3, 0.4) is 0 Å². The highest BCUT2D eigenvalue weighted by Gasteiger charge is 2.14. The fraction of sp³-hybridized carbons (Fsp3) is 0.214. The van der Waals surface area contributed by atoms with Crippen LogP contribution in [0.15, 0.2) is 36.5 Å². The smallest absolute Gasteiger partial charge is 0.313 e. The van der Waals surface area contributed by atoms with Crippen LogP contribution in [0.25, 0.3) is 10.9 Å². The Bertz CT molecular complexity index is 605. The van der Waals surface area contributed by atoms with Gasteiger partial charge < -0.3 is 10.6 Å². The first kappa shape index (κ1) is 13.0. The third-order valence-corrected chi connectivity index (χ3v) is 2.62. The second kappa shape index (κ2) is 5.95. The average Bonchev–Trinajstić information content (AvgIpc) is 2.45. The van der Waals surface area contributed by atoms with Gasteiger partial charge in [-0.3, -0.25) is 14.6 Å². The molecule has 1 aromatic carbocycles. The summed E-state index contributed by atoms with van der Waals surface area (Å²) < 4.78 is 0. The summed E-state index contributed by atoms with van der Waals surface area (Å²) in [5.41, 5.74) is 1.20. The molecule has 0 fully saturated rings. The van der Waals surface area contributed by atoms with Crippen molar-refractivity contribution in [1.29, 1.82) is 0 Å². The number of rotatable bonds is 3. The third kappa shape index (κ3) is 3.07. The minimum absolute atomic E-state index is 0.486. The molecule has 2 N–H and O–H groups in total. The standard InChI is InChI=1S/C14H15N3O2/c1-2-8-16-13(18)14(19)17-11-7-3-5-10-6-4-9-15-12(10)11/h3-7,9H,2,8H2,1H3,(H,16,18)(H,17,19). The van der Waals surface area contributed by atoms with Crippen molar-refractivity contribution >= 4 is 28.4 Å². The predicted molar refractivity (Wildman–Crippen MR) is 73.7 cm³/mol. The van der Waals surface area contributed by atoms with Crippen molar-refractivity contribution in [3.8, 4) is 0 Å². The lowest BCUT2D eigenvalue weighted by atomic mass is 10.2. The van der Waals surface area contributed by atoms with Gasteiger partial charge in [0, 0.05) is 18.1 Å². The number of anilines is 1. The minimum Gasteiger partial charge on any atom is -0.348 e. The number of amides is 2. The van der Waals surface area contributed by atoms with E-state index in [1.165, 1.54) is 0 Å². The van der Waals surface area contributed by atoms with E-state index in [0.29, 0.717) is 17.7 Å². The van der Waals surface area contributed by atoms with E-state index in [2.05, 4.69) is 15.6 Å². The van der Waals surface area contributed by atoms with Crippen LogP contribution in [0.4, 0.5) is 5.69 Å². The van der Waals surface area contributed by atoms with Crippen LogP contribution in [0.1, 0.15) is 13.3 Å². The first-order valence-corrected chi connectivity index (χ1v) is 6.15. The zero-order valence-corrected chi connectivity index (χ0v) is 10.6. The molecule has 0 aliphatic heterocycles. The maximum atomic E-state index is 11.7. The number of pyridine rings is 1. The zero-order chi connectivity index (χ0) is 13.7. The highest BCUT2D eigenvalue weighted by atomic mass is 16.2. The van der Waals surface area contributed by atoms with Crippen molar-refractivity contribution in [3.05, 3.63) is 36.5 Å². The summed E-state index contributed by atoms with van der Waals surface area (Å²) in [5, 5.41) is 6.02. The van der Waals surface area contributed by atoms with Gasteiger partial charge in [0.15, 0.2) is 0 Å². The highest BCUT2D eigenvalue weighted by Crippen LogP contribution is 2.20. The van der Waals surface area contributed by atoms with Gasteiger partial charge in [-0.2, -0.15) is 0 Å². The quantitative estimate of drug-likeness (QED) is 0.822. The van der Waals surface area contributed by atoms with Crippen molar-refractivity contribution in [1.82, 2.24) is 10.3 Å². The minimum atomic E-state index is -0.674. The van der Waals surface area contributed by atoms with E-state index in [1.807, 2.05) is 31.2 Å². The van der Waals surface area contributed by atoms with Gasteiger partial charge in [-0.25, -0.2) is 0 Å². The summed E-state index contributed by atoms with van der Waals surface area (Å²) in [6.07, 6.45) is 2.43. The lowest BCUT2D eigenvalue weighted by Crippen LogP contribution is -2.35. The van der Waals surface area contributed by atoms with Gasteiger partial charge in [0.05, 0.1) is 11.2 Å². The highest BCUT2D eigenvalue weighted by molar-refractivity contribution is 6.40. The fourth-order valence-electron chi connectivity index (χ4n) is 1.70. The average molecular weight is 257 g/mol. The number of hydrogen-bond acceptors (Lipinski definition) is 3. The van der Waals surface area contributed by atoms with Gasteiger partial charge in [0.1, 0.15) is 0 Å². The molecule has 0 bridgehead atoms. The van der Waals surface area contributed by atoms with Crippen LogP contribution in [0.5, 0.6) is 0 Å². The van der Waals surface area contributed by atoms with Gasteiger partial charge in [0.25, 0.3) is 0 Å². The Labute approximate surface area is 111 Å². The van der Waals surface area contributed by atoms with Crippen LogP contribution in [-0.4, -0.2) is 23.3 Å². The van der Waals surface area contributed by atoms with E-state index in [0.717, 1.165) is 11.8 Å². The molecule has 2 rings (SSSR count). The molecule has 0 atom stereocenters. The van der Waals surface area contributed by atoms with E-state index >= 15 is 0 Å². The summed E-state index contributed by atoms with van der Waals surface area (Å²) in [7, 11) is 0.